The Kier molecular flexibility index (Phi) is 4.79. The molecule has 8 nitrogen and oxygen atoms in total. The standard InChI is InChI=1S/C15H19N5O3S/c1-2-23-13-5-3-11(4-6-13)17-14-9-16-20-15(19-14)18-12-7-8-24(21,22)10-12/h3-6,9,12H,2,7-8,10H2,1H3,(H2,17,18,19,20). The van der Waals surface area contributed by atoms with Gasteiger partial charge < -0.3 is 15.4 Å². The van der Waals surface area contributed by atoms with Gasteiger partial charge in [-0.3, -0.25) is 0 Å². The summed E-state index contributed by atoms with van der Waals surface area (Å²) >= 11 is 0. The van der Waals surface area contributed by atoms with Gasteiger partial charge in [0, 0.05) is 11.7 Å². The van der Waals surface area contributed by atoms with Gasteiger partial charge in [0.15, 0.2) is 15.7 Å². The van der Waals surface area contributed by atoms with Crippen molar-refractivity contribution in [3.8, 4) is 5.75 Å². The first-order chi connectivity index (χ1) is 11.5. The monoisotopic (exact) mass is 349 g/mol. The van der Waals surface area contributed by atoms with Crippen LogP contribution in [0.4, 0.5) is 17.5 Å². The van der Waals surface area contributed by atoms with Crippen LogP contribution in [0.25, 0.3) is 0 Å². The molecule has 1 fully saturated rings. The van der Waals surface area contributed by atoms with Crippen LogP contribution in [-0.2, 0) is 9.84 Å². The topological polar surface area (TPSA) is 106 Å². The molecule has 1 aliphatic rings. The number of hydrogen-bond donors (Lipinski definition) is 2. The fourth-order valence-corrected chi connectivity index (χ4v) is 4.14. The van der Waals surface area contributed by atoms with E-state index in [0.717, 1.165) is 11.4 Å². The highest BCUT2D eigenvalue weighted by Crippen LogP contribution is 2.20. The molecule has 1 saturated heterocycles. The van der Waals surface area contributed by atoms with E-state index in [1.807, 2.05) is 31.2 Å². The Morgan fingerprint density at radius 1 is 1.29 bits per heavy atom. The van der Waals surface area contributed by atoms with Crippen molar-refractivity contribution in [1.82, 2.24) is 15.2 Å². The summed E-state index contributed by atoms with van der Waals surface area (Å²) in [5, 5.41) is 14.0. The number of hydrogen-bond acceptors (Lipinski definition) is 8. The number of nitrogens with zero attached hydrogens (tertiary/aromatic N) is 3. The lowest BCUT2D eigenvalue weighted by Crippen LogP contribution is -2.22. The molecule has 0 spiro atoms. The normalized spacial score (nSPS) is 19.0. The largest absolute Gasteiger partial charge is 0.494 e. The van der Waals surface area contributed by atoms with Gasteiger partial charge in [-0.05, 0) is 37.6 Å². The summed E-state index contributed by atoms with van der Waals surface area (Å²) in [7, 11) is -2.95. The minimum absolute atomic E-state index is 0.104. The molecule has 9 heteroatoms. The highest BCUT2D eigenvalue weighted by Gasteiger charge is 2.28. The van der Waals surface area contributed by atoms with E-state index in [2.05, 4.69) is 25.8 Å². The zero-order valence-electron chi connectivity index (χ0n) is 13.3. The molecule has 2 heterocycles. The number of rotatable bonds is 6. The molecule has 1 aromatic carbocycles. The number of aromatic nitrogens is 3. The van der Waals surface area contributed by atoms with Gasteiger partial charge in [0.1, 0.15) is 5.75 Å². The van der Waals surface area contributed by atoms with Crippen molar-refractivity contribution in [3.63, 3.8) is 0 Å². The fraction of sp³-hybridized carbons (Fsp3) is 0.400. The van der Waals surface area contributed by atoms with Gasteiger partial charge in [0.25, 0.3) is 0 Å². The predicted molar refractivity (Wildman–Crippen MR) is 91.4 cm³/mol. The number of ether oxygens (including phenoxy) is 1. The molecule has 3 rings (SSSR count). The van der Waals surface area contributed by atoms with Crippen LogP contribution in [-0.4, -0.2) is 47.8 Å². The van der Waals surface area contributed by atoms with E-state index < -0.39 is 9.84 Å². The first-order valence-corrected chi connectivity index (χ1v) is 9.53. The van der Waals surface area contributed by atoms with Crippen LogP contribution in [0.2, 0.25) is 0 Å². The molecule has 128 valence electrons. The summed E-state index contributed by atoms with van der Waals surface area (Å²) in [6.45, 7) is 2.55. The molecule has 1 aliphatic heterocycles. The number of sulfone groups is 1. The van der Waals surface area contributed by atoms with E-state index in [9.17, 15) is 8.42 Å². The minimum Gasteiger partial charge on any atom is -0.494 e. The fourth-order valence-electron chi connectivity index (χ4n) is 2.47. The molecule has 1 aromatic heterocycles. The van der Waals surface area contributed by atoms with Gasteiger partial charge in [0.2, 0.25) is 5.95 Å². The maximum absolute atomic E-state index is 11.5. The van der Waals surface area contributed by atoms with Crippen molar-refractivity contribution >= 4 is 27.3 Å². The summed E-state index contributed by atoms with van der Waals surface area (Å²) in [4.78, 5) is 4.32. The van der Waals surface area contributed by atoms with Crippen molar-refractivity contribution in [2.75, 3.05) is 28.7 Å². The third kappa shape index (κ3) is 4.31. The molecule has 24 heavy (non-hydrogen) atoms. The number of benzene rings is 1. The van der Waals surface area contributed by atoms with E-state index in [-0.39, 0.29) is 17.5 Å². The number of nitrogens with one attached hydrogen (secondary N) is 2. The van der Waals surface area contributed by atoms with Gasteiger partial charge >= 0.3 is 0 Å². The van der Waals surface area contributed by atoms with Crippen LogP contribution in [0.1, 0.15) is 13.3 Å². The Bertz CT molecular complexity index is 795. The maximum Gasteiger partial charge on any atom is 0.244 e. The molecule has 0 bridgehead atoms. The van der Waals surface area contributed by atoms with E-state index >= 15 is 0 Å². The lowest BCUT2D eigenvalue weighted by molar-refractivity contribution is 0.340. The summed E-state index contributed by atoms with van der Waals surface area (Å²) in [5.41, 5.74) is 0.841. The van der Waals surface area contributed by atoms with Crippen LogP contribution >= 0.6 is 0 Å². The molecule has 1 atom stereocenters. The second-order valence-corrected chi connectivity index (χ2v) is 7.72. The zero-order valence-corrected chi connectivity index (χ0v) is 14.1. The zero-order chi connectivity index (χ0) is 17.0. The summed E-state index contributed by atoms with van der Waals surface area (Å²) in [6.07, 6.45) is 2.06. The van der Waals surface area contributed by atoms with Crippen LogP contribution in [0, 0.1) is 0 Å². The van der Waals surface area contributed by atoms with Gasteiger partial charge in [0.05, 0.1) is 24.3 Å². The van der Waals surface area contributed by atoms with Crippen molar-refractivity contribution < 1.29 is 13.2 Å². The van der Waals surface area contributed by atoms with Crippen LogP contribution in [0.3, 0.4) is 0 Å². The second kappa shape index (κ2) is 7.00. The Hall–Kier alpha value is -2.42. The Morgan fingerprint density at radius 3 is 2.75 bits per heavy atom. The van der Waals surface area contributed by atoms with Crippen LogP contribution in [0.5, 0.6) is 5.75 Å². The van der Waals surface area contributed by atoms with Crippen molar-refractivity contribution in [3.05, 3.63) is 30.5 Å². The highest BCUT2D eigenvalue weighted by molar-refractivity contribution is 7.91. The highest BCUT2D eigenvalue weighted by atomic mass is 32.2. The molecule has 1 unspecified atom stereocenters. The first kappa shape index (κ1) is 16.4. The third-order valence-electron chi connectivity index (χ3n) is 3.56. The third-order valence-corrected chi connectivity index (χ3v) is 5.33. The maximum atomic E-state index is 11.5. The van der Waals surface area contributed by atoms with Gasteiger partial charge in [-0.1, -0.05) is 0 Å². The van der Waals surface area contributed by atoms with Gasteiger partial charge in [-0.2, -0.15) is 10.1 Å². The Morgan fingerprint density at radius 2 is 2.08 bits per heavy atom. The van der Waals surface area contributed by atoms with Crippen LogP contribution in [0.15, 0.2) is 30.5 Å². The molecule has 2 aromatic rings. The summed E-state index contributed by atoms with van der Waals surface area (Å²) in [6, 6.07) is 7.32. The van der Waals surface area contributed by atoms with Crippen molar-refractivity contribution in [2.24, 2.45) is 0 Å². The average molecular weight is 349 g/mol. The number of anilines is 3. The van der Waals surface area contributed by atoms with Crippen LogP contribution < -0.4 is 15.4 Å². The SMILES string of the molecule is CCOc1ccc(Nc2cnnc(NC3CCS(=O)(=O)C3)n2)cc1. The average Bonchev–Trinajstić information content (AvgIpc) is 2.89. The predicted octanol–water partition coefficient (Wildman–Crippen LogP) is 1.61. The molecular weight excluding hydrogens is 330 g/mol. The quantitative estimate of drug-likeness (QED) is 0.810. The molecule has 0 aliphatic carbocycles. The Labute approximate surface area is 140 Å². The lowest BCUT2D eigenvalue weighted by Gasteiger charge is -2.11. The molecule has 0 radical (unpaired) electrons. The van der Waals surface area contributed by atoms with E-state index in [1.165, 1.54) is 6.20 Å². The molecule has 2 N–H and O–H groups in total. The summed E-state index contributed by atoms with van der Waals surface area (Å²) in [5.74, 6) is 1.94. The smallest absolute Gasteiger partial charge is 0.244 e. The van der Waals surface area contributed by atoms with E-state index in [0.29, 0.717) is 24.8 Å². The van der Waals surface area contributed by atoms with E-state index in [4.69, 9.17) is 4.74 Å². The van der Waals surface area contributed by atoms with E-state index in [1.54, 1.807) is 0 Å². The minimum atomic E-state index is -2.95. The van der Waals surface area contributed by atoms with Gasteiger partial charge in [-0.15, -0.1) is 5.10 Å². The second-order valence-electron chi connectivity index (χ2n) is 5.49. The molecule has 0 amide bonds. The van der Waals surface area contributed by atoms with Crippen molar-refractivity contribution in [1.29, 1.82) is 0 Å². The summed E-state index contributed by atoms with van der Waals surface area (Å²) < 4.78 is 28.4. The van der Waals surface area contributed by atoms with Gasteiger partial charge in [-0.25, -0.2) is 8.42 Å². The molecular formula is C15H19N5O3S. The lowest BCUT2D eigenvalue weighted by atomic mass is 10.3. The molecule has 0 saturated carbocycles. The Balaban J connectivity index is 1.64. The van der Waals surface area contributed by atoms with Crippen molar-refractivity contribution in [2.45, 2.75) is 19.4 Å². The first-order valence-electron chi connectivity index (χ1n) is 7.70.